The van der Waals surface area contributed by atoms with Crippen molar-refractivity contribution in [3.8, 4) is 0 Å². The summed E-state index contributed by atoms with van der Waals surface area (Å²) >= 11 is 6.25. The lowest BCUT2D eigenvalue weighted by Crippen LogP contribution is -2.22. The van der Waals surface area contributed by atoms with Crippen molar-refractivity contribution in [2.75, 3.05) is 0 Å². The molecule has 3 aromatic rings. The van der Waals surface area contributed by atoms with E-state index in [9.17, 15) is 0 Å². The fourth-order valence-corrected chi connectivity index (χ4v) is 2.89. The number of rotatable bonds is 4. The maximum atomic E-state index is 6.25. The van der Waals surface area contributed by atoms with E-state index < -0.39 is 0 Å². The predicted molar refractivity (Wildman–Crippen MR) is 87.6 cm³/mol. The quantitative estimate of drug-likeness (QED) is 0.688. The van der Waals surface area contributed by atoms with Crippen LogP contribution in [0.3, 0.4) is 0 Å². The first-order chi connectivity index (χ1) is 10.1. The fourth-order valence-electron chi connectivity index (χ4n) is 2.59. The van der Waals surface area contributed by atoms with Crippen molar-refractivity contribution in [2.45, 2.75) is 25.9 Å². The van der Waals surface area contributed by atoms with Crippen LogP contribution in [0.4, 0.5) is 0 Å². The van der Waals surface area contributed by atoms with Crippen LogP contribution in [0.5, 0.6) is 0 Å². The maximum Gasteiger partial charge on any atom is 0.134 e. The zero-order valence-electron chi connectivity index (χ0n) is 12.1. The van der Waals surface area contributed by atoms with Gasteiger partial charge in [0.15, 0.2) is 0 Å². The highest BCUT2D eigenvalue weighted by molar-refractivity contribution is 6.31. The first-order valence-electron chi connectivity index (χ1n) is 7.14. The molecule has 0 spiro atoms. The Morgan fingerprint density at radius 2 is 1.67 bits per heavy atom. The van der Waals surface area contributed by atoms with Crippen LogP contribution in [0, 0.1) is 0 Å². The molecule has 3 rings (SSSR count). The summed E-state index contributed by atoms with van der Waals surface area (Å²) < 4.78 is 5.90. The molecule has 0 amide bonds. The Balaban J connectivity index is 1.79. The molecular formula is C18H18ClNO. The van der Waals surface area contributed by atoms with Crippen molar-refractivity contribution < 1.29 is 4.42 Å². The number of hydrogen-bond acceptors (Lipinski definition) is 2. The Morgan fingerprint density at radius 3 is 2.43 bits per heavy atom. The van der Waals surface area contributed by atoms with Gasteiger partial charge in [-0.05, 0) is 37.6 Å². The van der Waals surface area contributed by atoms with Crippen molar-refractivity contribution in [3.63, 3.8) is 0 Å². The van der Waals surface area contributed by atoms with Crippen LogP contribution in [0.25, 0.3) is 11.0 Å². The highest BCUT2D eigenvalue weighted by Crippen LogP contribution is 2.28. The summed E-state index contributed by atoms with van der Waals surface area (Å²) in [5.41, 5.74) is 2.02. The fraction of sp³-hybridized carbons (Fsp3) is 0.222. The van der Waals surface area contributed by atoms with Gasteiger partial charge in [0.1, 0.15) is 11.3 Å². The van der Waals surface area contributed by atoms with E-state index in [1.54, 1.807) is 0 Å². The van der Waals surface area contributed by atoms with Gasteiger partial charge in [0, 0.05) is 16.5 Å². The molecule has 2 atom stereocenters. The number of nitrogens with one attached hydrogen (secondary N) is 1. The van der Waals surface area contributed by atoms with Gasteiger partial charge in [0.05, 0.1) is 6.04 Å². The first-order valence-corrected chi connectivity index (χ1v) is 7.52. The van der Waals surface area contributed by atoms with Crippen molar-refractivity contribution in [1.29, 1.82) is 0 Å². The normalized spacial score (nSPS) is 14.2. The number of benzene rings is 2. The predicted octanol–water partition coefficient (Wildman–Crippen LogP) is 5.50. The molecule has 0 bridgehead atoms. The zero-order valence-corrected chi connectivity index (χ0v) is 12.9. The second-order valence-corrected chi connectivity index (χ2v) is 5.73. The van der Waals surface area contributed by atoms with Gasteiger partial charge in [0.2, 0.25) is 0 Å². The highest BCUT2D eigenvalue weighted by Gasteiger charge is 2.16. The number of hydrogen-bond donors (Lipinski definition) is 1. The van der Waals surface area contributed by atoms with E-state index in [4.69, 9.17) is 16.0 Å². The van der Waals surface area contributed by atoms with Crippen molar-refractivity contribution in [2.24, 2.45) is 0 Å². The van der Waals surface area contributed by atoms with Crippen LogP contribution in [0.2, 0.25) is 5.02 Å². The average Bonchev–Trinajstić information content (AvgIpc) is 2.91. The van der Waals surface area contributed by atoms with Crippen LogP contribution >= 0.6 is 11.6 Å². The smallest absolute Gasteiger partial charge is 0.134 e. The molecular weight excluding hydrogens is 282 g/mol. The molecule has 1 N–H and O–H groups in total. The van der Waals surface area contributed by atoms with Gasteiger partial charge in [-0.25, -0.2) is 0 Å². The van der Waals surface area contributed by atoms with Crippen molar-refractivity contribution >= 4 is 22.6 Å². The number of halogens is 1. The lowest BCUT2D eigenvalue weighted by molar-refractivity contribution is 0.417. The third kappa shape index (κ3) is 2.97. The standard InChI is InChI=1S/C18H18ClNO/c1-12(15-8-4-5-9-16(15)19)20-13(2)18-11-14-7-3-6-10-17(14)21-18/h3-13,20H,1-2H3/t12-,13?/m1/s1. The second-order valence-electron chi connectivity index (χ2n) is 5.32. The van der Waals surface area contributed by atoms with Gasteiger partial charge < -0.3 is 9.73 Å². The molecule has 21 heavy (non-hydrogen) atoms. The summed E-state index contributed by atoms with van der Waals surface area (Å²) in [6.07, 6.45) is 0. The van der Waals surface area contributed by atoms with E-state index in [1.807, 2.05) is 42.5 Å². The molecule has 108 valence electrons. The zero-order chi connectivity index (χ0) is 14.8. The Hall–Kier alpha value is -1.77. The molecule has 2 aromatic carbocycles. The van der Waals surface area contributed by atoms with Gasteiger partial charge in [-0.2, -0.15) is 0 Å². The van der Waals surface area contributed by atoms with Gasteiger partial charge in [0.25, 0.3) is 0 Å². The lowest BCUT2D eigenvalue weighted by Gasteiger charge is -2.19. The first kappa shape index (κ1) is 14.2. The molecule has 0 aliphatic carbocycles. The second kappa shape index (κ2) is 5.92. The molecule has 2 nitrogen and oxygen atoms in total. The van der Waals surface area contributed by atoms with Gasteiger partial charge >= 0.3 is 0 Å². The molecule has 0 radical (unpaired) electrons. The third-order valence-corrected chi connectivity index (χ3v) is 4.09. The van der Waals surface area contributed by atoms with Crippen LogP contribution < -0.4 is 5.32 Å². The lowest BCUT2D eigenvalue weighted by atomic mass is 10.1. The van der Waals surface area contributed by atoms with Crippen LogP contribution in [-0.4, -0.2) is 0 Å². The number of fused-ring (bicyclic) bond motifs is 1. The maximum absolute atomic E-state index is 6.25. The Labute approximate surface area is 129 Å². The Morgan fingerprint density at radius 1 is 0.952 bits per heavy atom. The summed E-state index contributed by atoms with van der Waals surface area (Å²) in [5.74, 6) is 0.940. The average molecular weight is 300 g/mol. The van der Waals surface area contributed by atoms with Gasteiger partial charge in [-0.3, -0.25) is 0 Å². The number of para-hydroxylation sites is 1. The Bertz CT molecular complexity index is 717. The van der Waals surface area contributed by atoms with Crippen LogP contribution in [0.15, 0.2) is 59.0 Å². The third-order valence-electron chi connectivity index (χ3n) is 3.74. The topological polar surface area (TPSA) is 25.2 Å². The summed E-state index contributed by atoms with van der Waals surface area (Å²) in [5, 5.41) is 5.45. The SMILES string of the molecule is CC(N[C@H](C)c1ccccc1Cl)c1cc2ccccc2o1. The Kier molecular flexibility index (Phi) is 4.00. The molecule has 0 saturated heterocycles. The van der Waals surface area contributed by atoms with Gasteiger partial charge in [-0.1, -0.05) is 48.0 Å². The van der Waals surface area contributed by atoms with Crippen LogP contribution in [0.1, 0.15) is 37.3 Å². The molecule has 0 saturated carbocycles. The molecule has 3 heteroatoms. The van der Waals surface area contributed by atoms with E-state index in [0.29, 0.717) is 0 Å². The molecule has 1 aromatic heterocycles. The van der Waals surface area contributed by atoms with E-state index in [-0.39, 0.29) is 12.1 Å². The molecule has 1 heterocycles. The summed E-state index contributed by atoms with van der Waals surface area (Å²) in [4.78, 5) is 0. The molecule has 0 fully saturated rings. The molecule has 0 aliphatic rings. The molecule has 1 unspecified atom stereocenters. The summed E-state index contributed by atoms with van der Waals surface area (Å²) in [6, 6.07) is 18.3. The van der Waals surface area contributed by atoms with Crippen LogP contribution in [-0.2, 0) is 0 Å². The van der Waals surface area contributed by atoms with Gasteiger partial charge in [-0.15, -0.1) is 0 Å². The monoisotopic (exact) mass is 299 g/mol. The summed E-state index contributed by atoms with van der Waals surface area (Å²) in [7, 11) is 0. The van der Waals surface area contributed by atoms with E-state index in [2.05, 4.69) is 31.3 Å². The minimum atomic E-state index is 0.115. The van der Waals surface area contributed by atoms with E-state index >= 15 is 0 Å². The van der Waals surface area contributed by atoms with Crippen molar-refractivity contribution in [1.82, 2.24) is 5.32 Å². The number of furan rings is 1. The highest BCUT2D eigenvalue weighted by atomic mass is 35.5. The molecule has 0 aliphatic heterocycles. The van der Waals surface area contributed by atoms with E-state index in [1.165, 1.54) is 0 Å². The minimum absolute atomic E-state index is 0.115. The largest absolute Gasteiger partial charge is 0.459 e. The minimum Gasteiger partial charge on any atom is -0.459 e. The summed E-state index contributed by atoms with van der Waals surface area (Å²) in [6.45, 7) is 4.21. The van der Waals surface area contributed by atoms with E-state index in [0.717, 1.165) is 27.3 Å². The van der Waals surface area contributed by atoms with Crippen molar-refractivity contribution in [3.05, 3.63) is 70.9 Å².